The number of ether oxygens (including phenoxy) is 1. The summed E-state index contributed by atoms with van der Waals surface area (Å²) >= 11 is 0. The SMILES string of the molecule is CCN(CC)CCOCCC1=CCC2CC1C2(C)C.O=C(O)/C=C\C(=O)O. The first-order valence-electron chi connectivity index (χ1n) is 9.85. The second-order valence-corrected chi connectivity index (χ2v) is 7.72. The van der Waals surface area contributed by atoms with Crippen molar-refractivity contribution in [2.45, 2.75) is 47.0 Å². The van der Waals surface area contributed by atoms with E-state index in [0.29, 0.717) is 17.6 Å². The standard InChI is InChI=1S/C17H31NO.C4H4O4/c1-5-18(6-2)10-12-19-11-9-14-7-8-15-13-16(14)17(15,3)4;5-3(6)1-2-4(7)8/h7,15-16H,5-6,8-13H2,1-4H3;1-2H,(H,5,6)(H,7,8)/b;2-1-. The summed E-state index contributed by atoms with van der Waals surface area (Å²) in [5.74, 6) is -0.720. The van der Waals surface area contributed by atoms with E-state index in [-0.39, 0.29) is 0 Å². The van der Waals surface area contributed by atoms with Gasteiger partial charge in [0.15, 0.2) is 0 Å². The van der Waals surface area contributed by atoms with E-state index in [9.17, 15) is 9.59 Å². The molecule has 2 N–H and O–H groups in total. The molecule has 0 heterocycles. The maximum atomic E-state index is 9.55. The molecule has 0 saturated heterocycles. The quantitative estimate of drug-likeness (QED) is 0.342. The monoisotopic (exact) mass is 381 g/mol. The molecular weight excluding hydrogens is 346 g/mol. The minimum Gasteiger partial charge on any atom is -0.478 e. The van der Waals surface area contributed by atoms with Crippen molar-refractivity contribution >= 4 is 11.9 Å². The van der Waals surface area contributed by atoms with Gasteiger partial charge in [0, 0.05) is 18.7 Å². The fraction of sp³-hybridized carbons (Fsp3) is 0.714. The van der Waals surface area contributed by atoms with Crippen molar-refractivity contribution in [2.75, 3.05) is 32.8 Å². The number of fused-ring (bicyclic) bond motifs is 1. The lowest BCUT2D eigenvalue weighted by atomic mass is 9.48. The molecule has 3 aliphatic carbocycles. The molecule has 0 amide bonds. The Hall–Kier alpha value is -1.66. The highest BCUT2D eigenvalue weighted by Crippen LogP contribution is 2.59. The molecular formula is C21H35NO5. The van der Waals surface area contributed by atoms with Gasteiger partial charge in [-0.05, 0) is 49.6 Å². The van der Waals surface area contributed by atoms with Crippen LogP contribution in [0, 0.1) is 17.3 Å². The van der Waals surface area contributed by atoms with Crippen LogP contribution in [0.15, 0.2) is 23.8 Å². The smallest absolute Gasteiger partial charge is 0.328 e. The zero-order valence-electron chi connectivity index (χ0n) is 17.1. The number of allylic oxidation sites excluding steroid dienone is 1. The molecule has 0 aromatic heterocycles. The van der Waals surface area contributed by atoms with Crippen molar-refractivity contribution in [3.8, 4) is 0 Å². The van der Waals surface area contributed by atoms with Crippen molar-refractivity contribution in [1.29, 1.82) is 0 Å². The predicted octanol–water partition coefficient (Wildman–Crippen LogP) is 3.44. The zero-order valence-corrected chi connectivity index (χ0v) is 17.1. The summed E-state index contributed by atoms with van der Waals surface area (Å²) in [4.78, 5) is 21.5. The van der Waals surface area contributed by atoms with Gasteiger partial charge in [0.05, 0.1) is 13.2 Å². The summed E-state index contributed by atoms with van der Waals surface area (Å²) in [6, 6.07) is 0. The predicted molar refractivity (Wildman–Crippen MR) is 106 cm³/mol. The van der Waals surface area contributed by atoms with E-state index in [1.165, 1.54) is 12.8 Å². The minimum absolute atomic E-state index is 0.558. The van der Waals surface area contributed by atoms with Crippen molar-refractivity contribution in [3.63, 3.8) is 0 Å². The van der Waals surface area contributed by atoms with E-state index >= 15 is 0 Å². The summed E-state index contributed by atoms with van der Waals surface area (Å²) in [5.41, 5.74) is 2.24. The van der Waals surface area contributed by atoms with Crippen LogP contribution < -0.4 is 0 Å². The normalized spacial score (nSPS) is 22.6. The Bertz CT molecular complexity index is 533. The van der Waals surface area contributed by atoms with Gasteiger partial charge in [-0.15, -0.1) is 0 Å². The molecule has 1 fully saturated rings. The average Bonchev–Trinajstić information content (AvgIpc) is 2.63. The fourth-order valence-corrected chi connectivity index (χ4v) is 3.93. The summed E-state index contributed by atoms with van der Waals surface area (Å²) in [6.07, 6.45) is 7.50. The van der Waals surface area contributed by atoms with Crippen molar-refractivity contribution in [1.82, 2.24) is 4.90 Å². The number of rotatable bonds is 10. The van der Waals surface area contributed by atoms with Crippen LogP contribution in [0.4, 0.5) is 0 Å². The van der Waals surface area contributed by atoms with Crippen LogP contribution in [0.1, 0.15) is 47.0 Å². The Balaban J connectivity index is 0.000000387. The van der Waals surface area contributed by atoms with Crippen molar-refractivity contribution in [2.24, 2.45) is 17.3 Å². The fourth-order valence-electron chi connectivity index (χ4n) is 3.93. The maximum absolute atomic E-state index is 9.55. The van der Waals surface area contributed by atoms with E-state index in [1.807, 2.05) is 0 Å². The Kier molecular flexibility index (Phi) is 9.74. The molecule has 3 rings (SSSR count). The van der Waals surface area contributed by atoms with Gasteiger partial charge in [-0.25, -0.2) is 9.59 Å². The van der Waals surface area contributed by atoms with E-state index in [0.717, 1.165) is 51.1 Å². The van der Waals surface area contributed by atoms with Crippen molar-refractivity contribution in [3.05, 3.63) is 23.8 Å². The van der Waals surface area contributed by atoms with Gasteiger partial charge in [-0.2, -0.15) is 0 Å². The van der Waals surface area contributed by atoms with E-state index in [2.05, 4.69) is 38.7 Å². The van der Waals surface area contributed by atoms with Gasteiger partial charge in [-0.3, -0.25) is 0 Å². The Morgan fingerprint density at radius 3 is 2.22 bits per heavy atom. The third-order valence-electron chi connectivity index (χ3n) is 5.93. The molecule has 2 atom stereocenters. The topological polar surface area (TPSA) is 87.1 Å². The highest BCUT2D eigenvalue weighted by Gasteiger charge is 2.50. The molecule has 6 nitrogen and oxygen atoms in total. The van der Waals surface area contributed by atoms with Gasteiger partial charge in [0.2, 0.25) is 0 Å². The molecule has 27 heavy (non-hydrogen) atoms. The summed E-state index contributed by atoms with van der Waals surface area (Å²) in [7, 11) is 0. The van der Waals surface area contributed by atoms with Gasteiger partial charge in [0.1, 0.15) is 0 Å². The molecule has 1 saturated carbocycles. The Morgan fingerprint density at radius 1 is 1.19 bits per heavy atom. The number of carboxylic acids is 2. The number of hydrogen-bond donors (Lipinski definition) is 2. The largest absolute Gasteiger partial charge is 0.478 e. The highest BCUT2D eigenvalue weighted by atomic mass is 16.5. The second-order valence-electron chi connectivity index (χ2n) is 7.72. The average molecular weight is 382 g/mol. The number of carboxylic acid groups (broad SMARTS) is 2. The van der Waals surface area contributed by atoms with Crippen LogP contribution in [0.5, 0.6) is 0 Å². The van der Waals surface area contributed by atoms with Gasteiger partial charge < -0.3 is 19.8 Å². The first kappa shape index (κ1) is 23.4. The molecule has 154 valence electrons. The Morgan fingerprint density at radius 2 is 1.78 bits per heavy atom. The molecule has 3 aliphatic rings. The van der Waals surface area contributed by atoms with E-state index < -0.39 is 11.9 Å². The second kappa shape index (κ2) is 11.2. The van der Waals surface area contributed by atoms with E-state index in [1.54, 1.807) is 5.57 Å². The zero-order chi connectivity index (χ0) is 20.4. The first-order chi connectivity index (χ1) is 12.7. The van der Waals surface area contributed by atoms with Crippen LogP contribution >= 0.6 is 0 Å². The number of nitrogens with zero attached hydrogens (tertiary/aromatic N) is 1. The third kappa shape index (κ3) is 7.46. The highest BCUT2D eigenvalue weighted by molar-refractivity contribution is 5.89. The number of hydrogen-bond acceptors (Lipinski definition) is 4. The number of likely N-dealkylation sites (N-methyl/N-ethyl adjacent to an activating group) is 1. The molecule has 6 heteroatoms. The number of aliphatic carboxylic acids is 2. The lowest BCUT2D eigenvalue weighted by molar-refractivity contribution is -0.134. The molecule has 0 spiro atoms. The minimum atomic E-state index is -1.26. The van der Waals surface area contributed by atoms with E-state index in [4.69, 9.17) is 14.9 Å². The molecule has 0 radical (unpaired) electrons. The maximum Gasteiger partial charge on any atom is 0.328 e. The molecule has 0 aromatic rings. The lowest BCUT2D eigenvalue weighted by Gasteiger charge is -2.56. The van der Waals surface area contributed by atoms with Crippen LogP contribution in [-0.4, -0.2) is 59.9 Å². The van der Waals surface area contributed by atoms with Crippen LogP contribution in [0.3, 0.4) is 0 Å². The van der Waals surface area contributed by atoms with Gasteiger partial charge in [0.25, 0.3) is 0 Å². The van der Waals surface area contributed by atoms with Gasteiger partial charge in [-0.1, -0.05) is 39.3 Å². The molecule has 2 bridgehead atoms. The van der Waals surface area contributed by atoms with Crippen molar-refractivity contribution < 1.29 is 24.5 Å². The molecule has 0 aliphatic heterocycles. The van der Waals surface area contributed by atoms with Crippen LogP contribution in [0.2, 0.25) is 0 Å². The first-order valence-corrected chi connectivity index (χ1v) is 9.85. The summed E-state index contributed by atoms with van der Waals surface area (Å²) in [6.45, 7) is 14.4. The van der Waals surface area contributed by atoms with Crippen LogP contribution in [-0.2, 0) is 14.3 Å². The third-order valence-corrected chi connectivity index (χ3v) is 5.93. The number of carbonyl (C=O) groups is 2. The van der Waals surface area contributed by atoms with Crippen LogP contribution in [0.25, 0.3) is 0 Å². The lowest BCUT2D eigenvalue weighted by Crippen LogP contribution is -2.48. The Labute approximate surface area is 162 Å². The van der Waals surface area contributed by atoms with Gasteiger partial charge >= 0.3 is 11.9 Å². The summed E-state index contributed by atoms with van der Waals surface area (Å²) < 4.78 is 5.82. The summed E-state index contributed by atoms with van der Waals surface area (Å²) in [5, 5.41) is 15.6. The molecule has 2 unspecified atom stereocenters. The molecule has 0 aromatic carbocycles.